The second kappa shape index (κ2) is 8.29. The van der Waals surface area contributed by atoms with Crippen molar-refractivity contribution in [3.63, 3.8) is 0 Å². The molecule has 2 amide bonds. The number of nitrogens with one attached hydrogen (secondary N) is 1. The highest BCUT2D eigenvalue weighted by Crippen LogP contribution is 2.34. The third-order valence-corrected chi connectivity index (χ3v) is 6.64. The Morgan fingerprint density at radius 1 is 1.21 bits per heavy atom. The first-order valence-electron chi connectivity index (χ1n) is 10.8. The lowest BCUT2D eigenvalue weighted by atomic mass is 10.0. The maximum absolute atomic E-state index is 14.1. The Bertz CT molecular complexity index is 1420. The lowest BCUT2D eigenvalue weighted by Crippen LogP contribution is -2.44. The Balaban J connectivity index is 1.51. The molecular weight excluding hydrogens is 461 g/mol. The second-order valence-corrected chi connectivity index (χ2v) is 9.15. The Morgan fingerprint density at radius 3 is 2.76 bits per heavy atom. The van der Waals surface area contributed by atoms with Crippen LogP contribution in [0.2, 0.25) is 5.02 Å². The van der Waals surface area contributed by atoms with Gasteiger partial charge in [0.05, 0.1) is 6.04 Å². The van der Waals surface area contributed by atoms with E-state index in [0.717, 1.165) is 16.7 Å². The van der Waals surface area contributed by atoms with E-state index in [-0.39, 0.29) is 29.4 Å². The SMILES string of the molecule is Cc1ccc(CNC(=O)c2cn3c(c(O)c2=O)C(=O)N2Cc4ccc(Cl)cc4CC3C2)c(F)c1. The molecule has 2 N–H and O–H groups in total. The largest absolute Gasteiger partial charge is 0.503 e. The average molecular weight is 482 g/mol. The fraction of sp³-hybridized carbons (Fsp3) is 0.240. The zero-order chi connectivity index (χ0) is 24.1. The highest BCUT2D eigenvalue weighted by molar-refractivity contribution is 6.30. The van der Waals surface area contributed by atoms with E-state index in [9.17, 15) is 23.9 Å². The average Bonchev–Trinajstić information content (AvgIpc) is 2.96. The molecule has 34 heavy (non-hydrogen) atoms. The molecule has 3 aromatic rings. The third kappa shape index (κ3) is 3.74. The van der Waals surface area contributed by atoms with Crippen molar-refractivity contribution in [1.29, 1.82) is 0 Å². The number of aromatic nitrogens is 1. The van der Waals surface area contributed by atoms with Crippen LogP contribution in [0.4, 0.5) is 4.39 Å². The molecule has 1 aromatic heterocycles. The van der Waals surface area contributed by atoms with E-state index in [1.807, 2.05) is 12.1 Å². The maximum atomic E-state index is 14.1. The van der Waals surface area contributed by atoms with Crippen LogP contribution in [0.1, 0.15) is 49.1 Å². The maximum Gasteiger partial charge on any atom is 0.274 e. The van der Waals surface area contributed by atoms with Crippen LogP contribution >= 0.6 is 11.6 Å². The number of hydrogen-bond donors (Lipinski definition) is 2. The minimum absolute atomic E-state index is 0.130. The van der Waals surface area contributed by atoms with Crippen LogP contribution in [0, 0.1) is 12.7 Å². The lowest BCUT2D eigenvalue weighted by Gasteiger charge is -2.34. The Morgan fingerprint density at radius 2 is 2.00 bits per heavy atom. The summed E-state index contributed by atoms with van der Waals surface area (Å²) in [6.07, 6.45) is 1.82. The van der Waals surface area contributed by atoms with Crippen molar-refractivity contribution in [3.05, 3.63) is 97.2 Å². The number of rotatable bonds is 3. The molecule has 2 aromatic carbocycles. The van der Waals surface area contributed by atoms with Gasteiger partial charge in [0.15, 0.2) is 11.4 Å². The number of carbonyl (C=O) groups excluding carboxylic acids is 2. The van der Waals surface area contributed by atoms with Gasteiger partial charge in [-0.1, -0.05) is 29.8 Å². The van der Waals surface area contributed by atoms with Gasteiger partial charge in [0.25, 0.3) is 11.8 Å². The molecule has 1 unspecified atom stereocenters. The number of halogens is 2. The number of aromatic hydroxyl groups is 1. The number of carbonyl (C=O) groups is 2. The van der Waals surface area contributed by atoms with Crippen molar-refractivity contribution in [2.24, 2.45) is 0 Å². The van der Waals surface area contributed by atoms with E-state index in [4.69, 9.17) is 11.6 Å². The van der Waals surface area contributed by atoms with Gasteiger partial charge >= 0.3 is 0 Å². The number of nitrogens with zero attached hydrogens (tertiary/aromatic N) is 2. The van der Waals surface area contributed by atoms with E-state index in [0.29, 0.717) is 24.5 Å². The molecule has 0 saturated heterocycles. The fourth-order valence-corrected chi connectivity index (χ4v) is 4.81. The van der Waals surface area contributed by atoms with Crippen molar-refractivity contribution >= 4 is 23.4 Å². The number of pyridine rings is 1. The molecule has 2 bridgehead atoms. The first-order chi connectivity index (χ1) is 16.2. The Kier molecular flexibility index (Phi) is 5.40. The van der Waals surface area contributed by atoms with Crippen LogP contribution in [0.15, 0.2) is 47.4 Å². The minimum atomic E-state index is -0.943. The van der Waals surface area contributed by atoms with Crippen LogP contribution < -0.4 is 10.7 Å². The summed E-state index contributed by atoms with van der Waals surface area (Å²) in [5.41, 5.74) is 1.52. The normalized spacial score (nSPS) is 16.5. The van der Waals surface area contributed by atoms with Gasteiger partial charge in [-0.15, -0.1) is 0 Å². The molecule has 9 heteroatoms. The number of fused-ring (bicyclic) bond motifs is 5. The van der Waals surface area contributed by atoms with Crippen molar-refractivity contribution in [2.45, 2.75) is 32.5 Å². The monoisotopic (exact) mass is 481 g/mol. The van der Waals surface area contributed by atoms with Gasteiger partial charge in [0.2, 0.25) is 5.43 Å². The van der Waals surface area contributed by atoms with Crippen molar-refractivity contribution in [2.75, 3.05) is 6.54 Å². The summed E-state index contributed by atoms with van der Waals surface area (Å²) in [6, 6.07) is 9.79. The summed E-state index contributed by atoms with van der Waals surface area (Å²) in [4.78, 5) is 40.4. The van der Waals surface area contributed by atoms with Crippen LogP contribution in [-0.2, 0) is 19.5 Å². The molecule has 2 aliphatic heterocycles. The fourth-order valence-electron chi connectivity index (χ4n) is 4.62. The molecule has 0 spiro atoms. The molecule has 3 heterocycles. The molecule has 0 fully saturated rings. The van der Waals surface area contributed by atoms with Crippen LogP contribution in [0.3, 0.4) is 0 Å². The molecule has 0 saturated carbocycles. The van der Waals surface area contributed by atoms with Crippen molar-refractivity contribution < 1.29 is 19.1 Å². The molecule has 7 nitrogen and oxygen atoms in total. The highest BCUT2D eigenvalue weighted by atomic mass is 35.5. The van der Waals surface area contributed by atoms with Crippen LogP contribution in [0.5, 0.6) is 5.75 Å². The van der Waals surface area contributed by atoms with Gasteiger partial charge in [0, 0.05) is 36.4 Å². The van der Waals surface area contributed by atoms with E-state index >= 15 is 0 Å². The smallest absolute Gasteiger partial charge is 0.274 e. The number of hydrogen-bond acceptors (Lipinski definition) is 4. The molecule has 174 valence electrons. The first-order valence-corrected chi connectivity index (χ1v) is 11.2. The second-order valence-electron chi connectivity index (χ2n) is 8.71. The molecule has 0 radical (unpaired) electrons. The van der Waals surface area contributed by atoms with Crippen LogP contribution in [-0.4, -0.2) is 32.9 Å². The summed E-state index contributed by atoms with van der Waals surface area (Å²) in [6.45, 7) is 2.31. The highest BCUT2D eigenvalue weighted by Gasteiger charge is 2.37. The van der Waals surface area contributed by atoms with Gasteiger partial charge in [-0.25, -0.2) is 4.39 Å². The summed E-state index contributed by atoms with van der Waals surface area (Å²) in [5.74, 6) is -2.48. The predicted octanol–water partition coefficient (Wildman–Crippen LogP) is 3.34. The van der Waals surface area contributed by atoms with Gasteiger partial charge in [-0.05, 0) is 48.2 Å². The molecule has 2 aliphatic rings. The van der Waals surface area contributed by atoms with E-state index < -0.39 is 28.8 Å². The van der Waals surface area contributed by atoms with Crippen LogP contribution in [0.25, 0.3) is 0 Å². The predicted molar refractivity (Wildman–Crippen MR) is 124 cm³/mol. The van der Waals surface area contributed by atoms with Gasteiger partial charge in [0.1, 0.15) is 11.4 Å². The van der Waals surface area contributed by atoms with Gasteiger partial charge < -0.3 is 19.9 Å². The third-order valence-electron chi connectivity index (χ3n) is 6.40. The van der Waals surface area contributed by atoms with Gasteiger partial charge in [-0.3, -0.25) is 14.4 Å². The number of aryl methyl sites for hydroxylation is 1. The zero-order valence-corrected chi connectivity index (χ0v) is 19.0. The van der Waals surface area contributed by atoms with Gasteiger partial charge in [-0.2, -0.15) is 0 Å². The summed E-state index contributed by atoms with van der Waals surface area (Å²) < 4.78 is 15.6. The summed E-state index contributed by atoms with van der Waals surface area (Å²) in [5, 5.41) is 13.8. The molecule has 5 rings (SSSR count). The van der Waals surface area contributed by atoms with E-state index in [1.165, 1.54) is 16.8 Å². The molecule has 1 atom stereocenters. The number of benzene rings is 2. The number of amides is 2. The minimum Gasteiger partial charge on any atom is -0.503 e. The van der Waals surface area contributed by atoms with E-state index in [1.54, 1.807) is 30.0 Å². The molecule has 0 aliphatic carbocycles. The quantitative estimate of drug-likeness (QED) is 0.600. The summed E-state index contributed by atoms with van der Waals surface area (Å²) in [7, 11) is 0. The topological polar surface area (TPSA) is 91.6 Å². The Hall–Kier alpha value is -3.65. The van der Waals surface area contributed by atoms with Crippen molar-refractivity contribution in [1.82, 2.24) is 14.8 Å². The summed E-state index contributed by atoms with van der Waals surface area (Å²) >= 11 is 6.17. The zero-order valence-electron chi connectivity index (χ0n) is 18.3. The lowest BCUT2D eigenvalue weighted by molar-refractivity contribution is 0.0653. The van der Waals surface area contributed by atoms with Crippen molar-refractivity contribution in [3.8, 4) is 5.75 Å². The first kappa shape index (κ1) is 22.2. The molecular formula is C25H21ClFN3O4. The Labute approximate surface area is 199 Å². The van der Waals surface area contributed by atoms with E-state index in [2.05, 4.69) is 5.32 Å². The standard InChI is InChI=1S/C25H21ClFN3O4/c1-13-2-3-14(20(27)6-13)9-28-24(33)19-12-30-18-8-16-7-17(26)5-4-15(16)10-29(11-18)25(34)21(30)23(32)22(19)31/h2-7,12,18,32H,8-11H2,1H3,(H,28,33).